The Labute approximate surface area is 190 Å². The van der Waals surface area contributed by atoms with E-state index in [1.54, 1.807) is 0 Å². The van der Waals surface area contributed by atoms with Crippen molar-refractivity contribution in [1.82, 2.24) is 9.30 Å². The van der Waals surface area contributed by atoms with Gasteiger partial charge in [0.05, 0.1) is 22.8 Å². The van der Waals surface area contributed by atoms with Crippen molar-refractivity contribution in [3.63, 3.8) is 0 Å². The Morgan fingerprint density at radius 1 is 1.00 bits per heavy atom. The molecule has 3 aromatic rings. The fraction of sp³-hybridized carbons (Fsp3) is 0.423. The van der Waals surface area contributed by atoms with E-state index in [0.29, 0.717) is 29.3 Å². The molecule has 0 bridgehead atoms. The number of aromatic nitrogens is 1. The van der Waals surface area contributed by atoms with Gasteiger partial charge < -0.3 is 14.0 Å². The highest BCUT2D eigenvalue weighted by molar-refractivity contribution is 6.35. The van der Waals surface area contributed by atoms with E-state index in [1.807, 2.05) is 60.0 Å². The molecule has 0 saturated carbocycles. The second-order valence-electron chi connectivity index (χ2n) is 7.85. The van der Waals surface area contributed by atoms with Crippen molar-refractivity contribution in [2.75, 3.05) is 26.2 Å². The zero-order chi connectivity index (χ0) is 22.2. The third kappa shape index (κ3) is 5.50. The summed E-state index contributed by atoms with van der Waals surface area (Å²) in [4.78, 5) is 15.8. The van der Waals surface area contributed by atoms with E-state index in [4.69, 9.17) is 16.3 Å². The van der Waals surface area contributed by atoms with Crippen molar-refractivity contribution < 1.29 is 9.53 Å². The van der Waals surface area contributed by atoms with Gasteiger partial charge >= 0.3 is 0 Å². The second-order valence-corrected chi connectivity index (χ2v) is 8.23. The number of hydrogen-bond acceptors (Lipinski definition) is 3. The van der Waals surface area contributed by atoms with Crippen molar-refractivity contribution in [3.8, 4) is 5.75 Å². The predicted octanol–water partition coefficient (Wildman–Crippen LogP) is 6.28. The summed E-state index contributed by atoms with van der Waals surface area (Å²) >= 11 is 6.56. The zero-order valence-corrected chi connectivity index (χ0v) is 19.6. The quantitative estimate of drug-likeness (QED) is 0.245. The standard InChI is InChI=1S/C26H33ClN2O2/c1-4-15-28(16-5-2)17-9-19-31-21-13-11-20(12-14-21)26(30)25-22(6-3)24(27)23-10-7-8-18-29(23)25/h7-8,10-14,18H,4-6,9,15-17,19H2,1-3H3. The van der Waals surface area contributed by atoms with Gasteiger partial charge in [-0.2, -0.15) is 0 Å². The van der Waals surface area contributed by atoms with Crippen LogP contribution >= 0.6 is 11.6 Å². The minimum Gasteiger partial charge on any atom is -0.494 e. The third-order valence-corrected chi connectivity index (χ3v) is 5.95. The van der Waals surface area contributed by atoms with Gasteiger partial charge in [-0.1, -0.05) is 38.4 Å². The molecule has 0 fully saturated rings. The lowest BCUT2D eigenvalue weighted by molar-refractivity contribution is 0.103. The highest BCUT2D eigenvalue weighted by Gasteiger charge is 2.22. The minimum absolute atomic E-state index is 0.0220. The van der Waals surface area contributed by atoms with Crippen LogP contribution < -0.4 is 4.74 Å². The minimum atomic E-state index is -0.0220. The molecule has 0 atom stereocenters. The maximum absolute atomic E-state index is 13.3. The van der Waals surface area contributed by atoms with Crippen LogP contribution in [0.2, 0.25) is 5.02 Å². The number of carbonyl (C=O) groups excluding carboxylic acids is 1. The number of ketones is 1. The zero-order valence-electron chi connectivity index (χ0n) is 18.9. The summed E-state index contributed by atoms with van der Waals surface area (Å²) in [7, 11) is 0. The maximum atomic E-state index is 13.3. The highest BCUT2D eigenvalue weighted by atomic mass is 35.5. The van der Waals surface area contributed by atoms with Gasteiger partial charge in [-0.3, -0.25) is 4.79 Å². The number of ether oxygens (including phenoxy) is 1. The molecule has 3 rings (SSSR count). The molecule has 0 spiro atoms. The Bertz CT molecular complexity index is 989. The number of nitrogens with zero attached hydrogens (tertiary/aromatic N) is 2. The Kier molecular flexibility index (Phi) is 8.56. The van der Waals surface area contributed by atoms with E-state index in [-0.39, 0.29) is 5.78 Å². The van der Waals surface area contributed by atoms with Crippen LogP contribution in [0, 0.1) is 0 Å². The molecule has 31 heavy (non-hydrogen) atoms. The van der Waals surface area contributed by atoms with Crippen LogP contribution in [-0.2, 0) is 6.42 Å². The van der Waals surface area contributed by atoms with Gasteiger partial charge in [-0.05, 0) is 75.2 Å². The molecule has 0 amide bonds. The molecule has 0 saturated heterocycles. The van der Waals surface area contributed by atoms with Crippen LogP contribution in [0.25, 0.3) is 5.52 Å². The van der Waals surface area contributed by atoms with E-state index >= 15 is 0 Å². The van der Waals surface area contributed by atoms with Crippen molar-refractivity contribution in [1.29, 1.82) is 0 Å². The lowest BCUT2D eigenvalue weighted by Gasteiger charge is -2.20. The van der Waals surface area contributed by atoms with E-state index in [0.717, 1.165) is 42.9 Å². The molecule has 0 radical (unpaired) electrons. The summed E-state index contributed by atoms with van der Waals surface area (Å²) in [5, 5.41) is 0.659. The molecule has 0 aliphatic heterocycles. The summed E-state index contributed by atoms with van der Waals surface area (Å²) in [6, 6.07) is 13.2. The molecule has 166 valence electrons. The Hall–Kier alpha value is -2.30. The Balaban J connectivity index is 1.66. The number of benzene rings is 1. The van der Waals surface area contributed by atoms with Crippen LogP contribution in [0.1, 0.15) is 61.6 Å². The number of carbonyl (C=O) groups is 1. The lowest BCUT2D eigenvalue weighted by atomic mass is 10.0. The number of fused-ring (bicyclic) bond motifs is 1. The van der Waals surface area contributed by atoms with Gasteiger partial charge in [0.2, 0.25) is 5.78 Å². The first kappa shape index (κ1) is 23.4. The molecular weight excluding hydrogens is 408 g/mol. The van der Waals surface area contributed by atoms with Gasteiger partial charge in [0.1, 0.15) is 5.75 Å². The number of rotatable bonds is 12. The summed E-state index contributed by atoms with van der Waals surface area (Å²) in [6.07, 6.45) is 5.95. The van der Waals surface area contributed by atoms with E-state index in [2.05, 4.69) is 18.7 Å². The average molecular weight is 441 g/mol. The first-order chi connectivity index (χ1) is 15.1. The topological polar surface area (TPSA) is 34.0 Å². The molecule has 2 heterocycles. The predicted molar refractivity (Wildman–Crippen MR) is 129 cm³/mol. The van der Waals surface area contributed by atoms with Crippen LogP contribution in [-0.4, -0.2) is 41.3 Å². The smallest absolute Gasteiger partial charge is 0.210 e. The van der Waals surface area contributed by atoms with Crippen molar-refractivity contribution >= 4 is 22.9 Å². The summed E-state index contributed by atoms with van der Waals surface area (Å²) in [6.45, 7) is 10.5. The monoisotopic (exact) mass is 440 g/mol. The Morgan fingerprint density at radius 3 is 2.35 bits per heavy atom. The van der Waals surface area contributed by atoms with Gasteiger partial charge in [-0.15, -0.1) is 0 Å². The van der Waals surface area contributed by atoms with E-state index < -0.39 is 0 Å². The first-order valence-corrected chi connectivity index (χ1v) is 11.8. The van der Waals surface area contributed by atoms with Gasteiger partial charge in [0.15, 0.2) is 0 Å². The van der Waals surface area contributed by atoms with Crippen molar-refractivity contribution in [3.05, 3.63) is 70.5 Å². The number of pyridine rings is 1. The Morgan fingerprint density at radius 2 is 1.71 bits per heavy atom. The molecule has 0 unspecified atom stereocenters. The molecule has 2 aromatic heterocycles. The van der Waals surface area contributed by atoms with Crippen molar-refractivity contribution in [2.45, 2.75) is 46.5 Å². The first-order valence-electron chi connectivity index (χ1n) is 11.4. The van der Waals surface area contributed by atoms with E-state index in [9.17, 15) is 4.79 Å². The van der Waals surface area contributed by atoms with Crippen LogP contribution in [0.4, 0.5) is 0 Å². The number of hydrogen-bond donors (Lipinski definition) is 0. The number of halogens is 1. The third-order valence-electron chi connectivity index (χ3n) is 5.53. The van der Waals surface area contributed by atoms with Crippen LogP contribution in [0.3, 0.4) is 0 Å². The lowest BCUT2D eigenvalue weighted by Crippen LogP contribution is -2.27. The molecule has 0 aliphatic rings. The molecule has 0 aliphatic carbocycles. The maximum Gasteiger partial charge on any atom is 0.210 e. The molecule has 1 aromatic carbocycles. The summed E-state index contributed by atoms with van der Waals surface area (Å²) in [5.41, 5.74) is 3.04. The summed E-state index contributed by atoms with van der Waals surface area (Å²) in [5.74, 6) is 0.772. The molecule has 5 heteroatoms. The molecule has 0 N–H and O–H groups in total. The fourth-order valence-electron chi connectivity index (χ4n) is 4.08. The summed E-state index contributed by atoms with van der Waals surface area (Å²) < 4.78 is 7.80. The van der Waals surface area contributed by atoms with Crippen molar-refractivity contribution in [2.24, 2.45) is 0 Å². The SMILES string of the molecule is CCCN(CCC)CCCOc1ccc(C(=O)c2c(CC)c(Cl)c3ccccn23)cc1. The average Bonchev–Trinajstić information content (AvgIpc) is 3.08. The fourth-order valence-corrected chi connectivity index (χ4v) is 4.45. The van der Waals surface area contributed by atoms with Gasteiger partial charge in [-0.25, -0.2) is 0 Å². The van der Waals surface area contributed by atoms with E-state index in [1.165, 1.54) is 12.8 Å². The van der Waals surface area contributed by atoms with Crippen LogP contribution in [0.5, 0.6) is 5.75 Å². The van der Waals surface area contributed by atoms with Gasteiger partial charge in [0.25, 0.3) is 0 Å². The highest BCUT2D eigenvalue weighted by Crippen LogP contribution is 2.30. The second kappa shape index (κ2) is 11.4. The van der Waals surface area contributed by atoms with Gasteiger partial charge in [0, 0.05) is 23.9 Å². The largest absolute Gasteiger partial charge is 0.494 e. The molecule has 4 nitrogen and oxygen atoms in total. The normalized spacial score (nSPS) is 11.4. The van der Waals surface area contributed by atoms with Crippen LogP contribution in [0.15, 0.2) is 48.7 Å². The molecular formula is C26H33ClN2O2.